The van der Waals surface area contributed by atoms with Crippen LogP contribution in [0.15, 0.2) is 21.9 Å². The summed E-state index contributed by atoms with van der Waals surface area (Å²) in [4.78, 5) is 39.6. The molecule has 10 heteroatoms. The fourth-order valence-corrected chi connectivity index (χ4v) is 18.0. The Bertz CT molecular complexity index is 938. The van der Waals surface area contributed by atoms with Gasteiger partial charge in [-0.15, -0.1) is 0 Å². The van der Waals surface area contributed by atoms with E-state index in [2.05, 4.69) is 60.4 Å². The van der Waals surface area contributed by atoms with Gasteiger partial charge in [0.1, 0.15) is 0 Å². The number of Topliss-reactive ketones (excluding diaryl/α,β-unsaturated/α-hetero) is 1. The number of rotatable bonds is 5. The molecule has 0 aromatic carbocycles. The van der Waals surface area contributed by atoms with Crippen molar-refractivity contribution in [2.24, 2.45) is 5.92 Å². The van der Waals surface area contributed by atoms with Crippen molar-refractivity contribution < 1.29 is 18.1 Å². The van der Waals surface area contributed by atoms with E-state index in [9.17, 15) is 14.4 Å². The van der Waals surface area contributed by atoms with Gasteiger partial charge in [0, 0.05) is 12.3 Å². The molecule has 2 aliphatic heterocycles. The number of H-pyrrole nitrogens is 1. The maximum atomic E-state index is 13.6. The van der Waals surface area contributed by atoms with Crippen molar-refractivity contribution in [2.45, 2.75) is 95.9 Å². The number of ether oxygens (including phenoxy) is 1. The Labute approximate surface area is 192 Å². The molecule has 0 saturated carbocycles. The molecule has 1 aromatic rings. The van der Waals surface area contributed by atoms with Crippen LogP contribution in [0.1, 0.15) is 61.6 Å². The summed E-state index contributed by atoms with van der Waals surface area (Å²) < 4.78 is 21.3. The van der Waals surface area contributed by atoms with Crippen molar-refractivity contribution in [3.63, 3.8) is 0 Å². The number of fused-ring (bicyclic) bond motifs is 1. The van der Waals surface area contributed by atoms with Gasteiger partial charge in [0.25, 0.3) is 5.56 Å². The molecule has 180 valence electrons. The Kier molecular flexibility index (Phi) is 7.22. The lowest BCUT2D eigenvalue weighted by molar-refractivity contribution is -0.128. The van der Waals surface area contributed by atoms with E-state index in [4.69, 9.17) is 13.3 Å². The quantitative estimate of drug-likeness (QED) is 0.643. The highest BCUT2D eigenvalue weighted by Crippen LogP contribution is 2.50. The van der Waals surface area contributed by atoms with Gasteiger partial charge in [0.05, 0.1) is 18.6 Å². The molecule has 3 atom stereocenters. The molecule has 3 rings (SSSR count). The smallest absolute Gasteiger partial charge is 0.333 e. The van der Waals surface area contributed by atoms with E-state index >= 15 is 0 Å². The molecule has 0 aliphatic carbocycles. The van der Waals surface area contributed by atoms with Crippen LogP contribution < -0.4 is 11.2 Å². The summed E-state index contributed by atoms with van der Waals surface area (Å²) in [7, 11) is -5.10. The van der Waals surface area contributed by atoms with Crippen LogP contribution in [0, 0.1) is 5.92 Å². The lowest BCUT2D eigenvalue weighted by Gasteiger charge is -2.51. The number of aromatic amines is 1. The fraction of sp³-hybridized carbons (Fsp3) is 0.773. The van der Waals surface area contributed by atoms with Crippen molar-refractivity contribution in [2.75, 3.05) is 6.61 Å². The Morgan fingerprint density at radius 1 is 0.969 bits per heavy atom. The fourth-order valence-electron chi connectivity index (χ4n) is 5.43. The number of ketones is 1. The van der Waals surface area contributed by atoms with Crippen LogP contribution in [0.4, 0.5) is 0 Å². The zero-order valence-electron chi connectivity index (χ0n) is 20.5. The summed E-state index contributed by atoms with van der Waals surface area (Å²) in [6, 6.07) is 1.88. The number of carbonyl (C=O) groups is 1. The SMILES string of the molecule is CC(C)[Si]1(C(C)C)C[C@H]2C(=O)[C@H](n3ccc(=O)[nH]c3=O)O[C@@H]2CO[Si](C(C)C)(C(C)C)O1. The number of nitrogens with zero attached hydrogens (tertiary/aromatic N) is 1. The average molecular weight is 483 g/mol. The second-order valence-corrected chi connectivity index (χ2v) is 20.0. The van der Waals surface area contributed by atoms with Crippen LogP contribution >= 0.6 is 0 Å². The van der Waals surface area contributed by atoms with Crippen LogP contribution in [-0.4, -0.2) is 44.9 Å². The van der Waals surface area contributed by atoms with E-state index in [-0.39, 0.29) is 34.6 Å². The van der Waals surface area contributed by atoms with E-state index in [1.54, 1.807) is 0 Å². The van der Waals surface area contributed by atoms with Crippen LogP contribution in [0.25, 0.3) is 0 Å². The Balaban J connectivity index is 2.09. The molecule has 3 heterocycles. The van der Waals surface area contributed by atoms with Gasteiger partial charge in [-0.1, -0.05) is 55.4 Å². The van der Waals surface area contributed by atoms with Crippen molar-refractivity contribution in [1.29, 1.82) is 0 Å². The Morgan fingerprint density at radius 2 is 1.56 bits per heavy atom. The Morgan fingerprint density at radius 3 is 2.06 bits per heavy atom. The predicted octanol–water partition coefficient (Wildman–Crippen LogP) is 3.69. The van der Waals surface area contributed by atoms with E-state index < -0.39 is 46.4 Å². The molecule has 1 N–H and O–H groups in total. The third-order valence-electron chi connectivity index (χ3n) is 7.39. The van der Waals surface area contributed by atoms with Gasteiger partial charge < -0.3 is 13.3 Å². The summed E-state index contributed by atoms with van der Waals surface area (Å²) in [6.45, 7) is 17.8. The third kappa shape index (κ3) is 4.15. The molecule has 2 aliphatic rings. The largest absolute Gasteiger partial charge is 0.435 e. The molecule has 0 unspecified atom stereocenters. The molecule has 2 saturated heterocycles. The van der Waals surface area contributed by atoms with Gasteiger partial charge in [-0.3, -0.25) is 19.1 Å². The highest BCUT2D eigenvalue weighted by molar-refractivity contribution is 6.87. The summed E-state index contributed by atoms with van der Waals surface area (Å²) in [6.07, 6.45) is -0.169. The molecule has 1 aromatic heterocycles. The zero-order valence-corrected chi connectivity index (χ0v) is 22.5. The van der Waals surface area contributed by atoms with Gasteiger partial charge >= 0.3 is 14.3 Å². The second kappa shape index (κ2) is 9.13. The van der Waals surface area contributed by atoms with Gasteiger partial charge in [-0.25, -0.2) is 4.79 Å². The topological polar surface area (TPSA) is 99.6 Å². The molecule has 0 spiro atoms. The number of hydrogen-bond donors (Lipinski definition) is 1. The van der Waals surface area contributed by atoms with Crippen molar-refractivity contribution in [1.82, 2.24) is 9.55 Å². The highest BCUT2D eigenvalue weighted by atomic mass is 28.4. The minimum Gasteiger partial charge on any atom is -0.435 e. The van der Waals surface area contributed by atoms with Crippen molar-refractivity contribution in [3.8, 4) is 0 Å². The van der Waals surface area contributed by atoms with E-state index in [0.29, 0.717) is 6.04 Å². The minimum atomic E-state index is -2.63. The molecular weight excluding hydrogens is 444 g/mol. The molecule has 2 fully saturated rings. The van der Waals surface area contributed by atoms with E-state index in [0.717, 1.165) is 0 Å². The molecular formula is C22H38N2O6Si2. The first-order valence-electron chi connectivity index (χ1n) is 11.7. The monoisotopic (exact) mass is 482 g/mol. The number of aromatic nitrogens is 2. The maximum absolute atomic E-state index is 13.6. The van der Waals surface area contributed by atoms with Gasteiger partial charge in [0.15, 0.2) is 20.3 Å². The lowest BCUT2D eigenvalue weighted by atomic mass is 10.0. The second-order valence-electron chi connectivity index (χ2n) is 10.5. The summed E-state index contributed by atoms with van der Waals surface area (Å²) >= 11 is 0. The minimum absolute atomic E-state index is 0.141. The molecule has 0 bridgehead atoms. The highest BCUT2D eigenvalue weighted by Gasteiger charge is 2.60. The van der Waals surface area contributed by atoms with Crippen LogP contribution in [-0.2, 0) is 18.1 Å². The number of nitrogens with one attached hydrogen (secondary N) is 1. The van der Waals surface area contributed by atoms with Gasteiger partial charge in [0.2, 0.25) is 0 Å². The Hall–Kier alpha value is -1.34. The molecule has 8 nitrogen and oxygen atoms in total. The molecule has 0 amide bonds. The zero-order chi connectivity index (χ0) is 24.0. The summed E-state index contributed by atoms with van der Waals surface area (Å²) in [5.74, 6) is -0.542. The van der Waals surface area contributed by atoms with Gasteiger partial charge in [-0.05, 0) is 28.2 Å². The molecule has 0 radical (unpaired) electrons. The number of carbonyl (C=O) groups excluding carboxylic acids is 1. The van der Waals surface area contributed by atoms with Crippen LogP contribution in [0.3, 0.4) is 0 Å². The van der Waals surface area contributed by atoms with Gasteiger partial charge in [-0.2, -0.15) is 0 Å². The van der Waals surface area contributed by atoms with Crippen molar-refractivity contribution in [3.05, 3.63) is 33.1 Å². The van der Waals surface area contributed by atoms with E-state index in [1.165, 1.54) is 16.8 Å². The lowest BCUT2D eigenvalue weighted by Crippen LogP contribution is -2.63. The van der Waals surface area contributed by atoms with E-state index in [1.807, 2.05) is 0 Å². The normalized spacial score (nSPS) is 27.8. The predicted molar refractivity (Wildman–Crippen MR) is 127 cm³/mol. The first-order valence-corrected chi connectivity index (χ1v) is 15.9. The number of hydrogen-bond acceptors (Lipinski definition) is 6. The third-order valence-corrected chi connectivity index (χ3v) is 19.0. The van der Waals surface area contributed by atoms with Crippen molar-refractivity contribution >= 4 is 22.7 Å². The average Bonchev–Trinajstić information content (AvgIpc) is 2.96. The standard InChI is InChI=1S/C22H38N2O6Si2/c1-13(2)31(14(3)4)12-17-18(11-28-32(30-31,15(5)6)16(7)8)29-21(20(17)26)24-10-9-19(25)23-22(24)27/h9-10,13-18,21H,11-12H2,1-8H3,(H,23,25,27)/t17-,18-,21-/m1/s1. The summed E-state index contributed by atoms with van der Waals surface area (Å²) in [5.41, 5.74) is -0.0771. The van der Waals surface area contributed by atoms with Crippen LogP contribution in [0.2, 0.25) is 28.2 Å². The first kappa shape index (κ1) is 25.3. The first-order chi connectivity index (χ1) is 14.9. The summed E-state index contributed by atoms with van der Waals surface area (Å²) in [5, 5.41) is 0. The maximum Gasteiger partial charge on any atom is 0.333 e. The van der Waals surface area contributed by atoms with Crippen LogP contribution in [0.5, 0.6) is 0 Å². The molecule has 32 heavy (non-hydrogen) atoms.